The van der Waals surface area contributed by atoms with Crippen molar-refractivity contribution in [3.63, 3.8) is 0 Å². The summed E-state index contributed by atoms with van der Waals surface area (Å²) in [4.78, 5) is 33.1. The van der Waals surface area contributed by atoms with Crippen molar-refractivity contribution in [2.45, 2.75) is 53.3 Å². The molecule has 5 aromatic rings. The summed E-state index contributed by atoms with van der Waals surface area (Å²) in [6, 6.07) is 24.6. The summed E-state index contributed by atoms with van der Waals surface area (Å²) in [5.41, 5.74) is 5.94. The van der Waals surface area contributed by atoms with Gasteiger partial charge < -0.3 is 14.0 Å². The average molecular weight is 631 g/mol. The molecule has 6 rings (SSSR count). The van der Waals surface area contributed by atoms with E-state index < -0.39 is 12.0 Å². The van der Waals surface area contributed by atoms with Crippen LogP contribution in [0.5, 0.6) is 5.75 Å². The number of carbonyl (C=O) groups is 1. The Bertz CT molecular complexity index is 2230. The molecule has 0 saturated carbocycles. The maximum atomic E-state index is 14.4. The molecule has 46 heavy (non-hydrogen) atoms. The number of carbonyl (C=O) groups excluding carboxylic acids is 1. The molecule has 0 amide bonds. The number of nitrogens with zero attached hydrogens (tertiary/aromatic N) is 4. The van der Waals surface area contributed by atoms with Gasteiger partial charge in [-0.1, -0.05) is 59.9 Å². The Morgan fingerprint density at radius 1 is 1.07 bits per heavy atom. The molecule has 3 heterocycles. The smallest absolute Gasteiger partial charge is 0.338 e. The van der Waals surface area contributed by atoms with Gasteiger partial charge in [0.2, 0.25) is 0 Å². The fourth-order valence-electron chi connectivity index (χ4n) is 6.00. The number of benzene rings is 3. The minimum atomic E-state index is -0.772. The maximum Gasteiger partial charge on any atom is 0.338 e. The van der Waals surface area contributed by atoms with Crippen LogP contribution in [-0.4, -0.2) is 27.8 Å². The number of esters is 1. The third-order valence-corrected chi connectivity index (χ3v) is 9.06. The van der Waals surface area contributed by atoms with Crippen molar-refractivity contribution in [3.8, 4) is 11.8 Å². The van der Waals surface area contributed by atoms with E-state index in [9.17, 15) is 14.9 Å². The first kappa shape index (κ1) is 30.8. The number of fused-ring (bicyclic) bond motifs is 2. The number of hydrogen-bond acceptors (Lipinski definition) is 7. The van der Waals surface area contributed by atoms with Gasteiger partial charge >= 0.3 is 5.97 Å². The minimum absolute atomic E-state index is 0.113. The van der Waals surface area contributed by atoms with Gasteiger partial charge in [-0.2, -0.15) is 5.26 Å². The Labute approximate surface area is 270 Å². The molecule has 0 saturated heterocycles. The predicted octanol–water partition coefficient (Wildman–Crippen LogP) is 5.77. The van der Waals surface area contributed by atoms with E-state index in [2.05, 4.69) is 29.7 Å². The molecule has 3 aromatic carbocycles. The monoisotopic (exact) mass is 630 g/mol. The minimum Gasteiger partial charge on any atom is -0.491 e. The van der Waals surface area contributed by atoms with E-state index in [1.165, 1.54) is 11.3 Å². The zero-order valence-electron chi connectivity index (χ0n) is 26.4. The molecule has 0 aliphatic carbocycles. The molecule has 1 aliphatic heterocycles. The van der Waals surface area contributed by atoms with E-state index in [0.717, 1.165) is 27.7 Å². The Morgan fingerprint density at radius 3 is 2.50 bits per heavy atom. The molecule has 1 aliphatic rings. The number of rotatable bonds is 8. The highest BCUT2D eigenvalue weighted by atomic mass is 32.1. The zero-order valence-corrected chi connectivity index (χ0v) is 27.2. The molecule has 0 spiro atoms. The van der Waals surface area contributed by atoms with Crippen molar-refractivity contribution in [1.82, 2.24) is 9.13 Å². The molecule has 1 atom stereocenters. The molecule has 2 aromatic heterocycles. The number of ether oxygens (including phenoxy) is 2. The summed E-state index contributed by atoms with van der Waals surface area (Å²) in [5.74, 6) is 0.0828. The molecule has 232 valence electrons. The lowest BCUT2D eigenvalue weighted by atomic mass is 9.95. The van der Waals surface area contributed by atoms with Gasteiger partial charge in [-0.05, 0) is 70.5 Å². The van der Waals surface area contributed by atoms with Crippen LogP contribution >= 0.6 is 11.3 Å². The fourth-order valence-corrected chi connectivity index (χ4v) is 7.02. The van der Waals surface area contributed by atoms with E-state index >= 15 is 0 Å². The molecule has 8 nitrogen and oxygen atoms in total. The standard InChI is InChI=1S/C37H34N4O4S/c1-6-44-36(43)33-23(4)39-37-41(34(33)28-12-8-10-14-31(28)45-22(2)3)35(42)32(46-37)19-29-24(5)40(30-13-9-7-11-27(29)30)21-26-17-15-25(20-38)16-18-26/h7-19,22,34H,6,21H2,1-5H3/b32-19-/t34-/m1/s1. The summed E-state index contributed by atoms with van der Waals surface area (Å²) in [6.07, 6.45) is 1.82. The highest BCUT2D eigenvalue weighted by molar-refractivity contribution is 7.07. The van der Waals surface area contributed by atoms with E-state index in [-0.39, 0.29) is 18.3 Å². The highest BCUT2D eigenvalue weighted by Gasteiger charge is 2.35. The number of thiazole rings is 1. The second-order valence-corrected chi connectivity index (χ2v) is 12.4. The Morgan fingerprint density at radius 2 is 1.78 bits per heavy atom. The SMILES string of the molecule is CCOC(=O)C1=C(C)N=c2s/c(=C\c3c(C)n(Cc4ccc(C#N)cc4)c4ccccc34)c(=O)n2[C@@H]1c1ccccc1OC(C)C. The van der Waals surface area contributed by atoms with Crippen LogP contribution in [0.4, 0.5) is 0 Å². The largest absolute Gasteiger partial charge is 0.491 e. The second-order valence-electron chi connectivity index (χ2n) is 11.4. The second kappa shape index (κ2) is 12.7. The molecular weight excluding hydrogens is 596 g/mol. The van der Waals surface area contributed by atoms with E-state index in [1.807, 2.05) is 80.6 Å². The summed E-state index contributed by atoms with van der Waals surface area (Å²) in [7, 11) is 0. The Balaban J connectivity index is 1.54. The number of allylic oxidation sites excluding steroid dienone is 1. The number of aromatic nitrogens is 2. The van der Waals surface area contributed by atoms with Crippen LogP contribution in [0.25, 0.3) is 17.0 Å². The average Bonchev–Trinajstić information content (AvgIpc) is 3.49. The first-order valence-electron chi connectivity index (χ1n) is 15.2. The normalized spacial score (nSPS) is 14.7. The summed E-state index contributed by atoms with van der Waals surface area (Å²) >= 11 is 1.30. The van der Waals surface area contributed by atoms with Crippen molar-refractivity contribution < 1.29 is 14.3 Å². The highest BCUT2D eigenvalue weighted by Crippen LogP contribution is 2.36. The van der Waals surface area contributed by atoms with Crippen molar-refractivity contribution in [1.29, 1.82) is 5.26 Å². The summed E-state index contributed by atoms with van der Waals surface area (Å²) in [5, 5.41) is 10.2. The third-order valence-electron chi connectivity index (χ3n) is 8.07. The van der Waals surface area contributed by atoms with Crippen LogP contribution < -0.4 is 19.6 Å². The predicted molar refractivity (Wildman–Crippen MR) is 180 cm³/mol. The maximum absolute atomic E-state index is 14.4. The van der Waals surface area contributed by atoms with Crippen LogP contribution in [0.15, 0.2) is 93.9 Å². The van der Waals surface area contributed by atoms with Crippen molar-refractivity contribution in [2.75, 3.05) is 6.61 Å². The third kappa shape index (κ3) is 5.57. The molecule has 0 fully saturated rings. The van der Waals surface area contributed by atoms with Crippen LogP contribution in [0.1, 0.15) is 61.7 Å². The Hall–Kier alpha value is -5.20. The number of hydrogen-bond donors (Lipinski definition) is 0. The number of nitriles is 1. The lowest BCUT2D eigenvalue weighted by Gasteiger charge is -2.26. The topological polar surface area (TPSA) is 98.6 Å². The lowest BCUT2D eigenvalue weighted by Crippen LogP contribution is -2.40. The van der Waals surface area contributed by atoms with E-state index in [4.69, 9.17) is 14.5 Å². The van der Waals surface area contributed by atoms with Gasteiger partial charge in [0.15, 0.2) is 4.80 Å². The van der Waals surface area contributed by atoms with Crippen molar-refractivity contribution in [3.05, 3.63) is 132 Å². The van der Waals surface area contributed by atoms with Crippen molar-refractivity contribution >= 4 is 34.3 Å². The molecule has 0 bridgehead atoms. The van der Waals surface area contributed by atoms with Gasteiger partial charge in [0, 0.05) is 34.3 Å². The van der Waals surface area contributed by atoms with E-state index in [1.54, 1.807) is 18.4 Å². The van der Waals surface area contributed by atoms with Crippen LogP contribution in [0.3, 0.4) is 0 Å². The van der Waals surface area contributed by atoms with Gasteiger partial charge in [-0.15, -0.1) is 0 Å². The van der Waals surface area contributed by atoms with Gasteiger partial charge in [-0.3, -0.25) is 9.36 Å². The van der Waals surface area contributed by atoms with Gasteiger partial charge in [0.1, 0.15) is 11.8 Å². The lowest BCUT2D eigenvalue weighted by molar-refractivity contribution is -0.139. The number of para-hydroxylation sites is 2. The van der Waals surface area contributed by atoms with Gasteiger partial charge in [0.25, 0.3) is 5.56 Å². The van der Waals surface area contributed by atoms with Gasteiger partial charge in [-0.25, -0.2) is 9.79 Å². The zero-order chi connectivity index (χ0) is 32.5. The summed E-state index contributed by atoms with van der Waals surface area (Å²) in [6.45, 7) is 10.3. The first-order chi connectivity index (χ1) is 22.2. The van der Waals surface area contributed by atoms with E-state index in [0.29, 0.717) is 44.0 Å². The molecule has 9 heteroatoms. The van der Waals surface area contributed by atoms with Crippen molar-refractivity contribution in [2.24, 2.45) is 4.99 Å². The molecular formula is C37H34N4O4S. The Kier molecular flexibility index (Phi) is 8.48. The van der Waals surface area contributed by atoms with Gasteiger partial charge in [0.05, 0.1) is 40.1 Å². The fraction of sp³-hybridized carbons (Fsp3) is 0.243. The molecule has 0 unspecified atom stereocenters. The first-order valence-corrected chi connectivity index (χ1v) is 16.1. The van der Waals surface area contributed by atoms with Crippen LogP contribution in [0.2, 0.25) is 0 Å². The quantitative estimate of drug-likeness (QED) is 0.203. The molecule has 0 radical (unpaired) electrons. The summed E-state index contributed by atoms with van der Waals surface area (Å²) < 4.78 is 16.0. The van der Waals surface area contributed by atoms with Crippen LogP contribution in [0, 0.1) is 18.3 Å². The molecule has 0 N–H and O–H groups in total. The van der Waals surface area contributed by atoms with Crippen LogP contribution in [-0.2, 0) is 16.1 Å².